The Morgan fingerprint density at radius 1 is 1.52 bits per heavy atom. The van der Waals surface area contributed by atoms with Crippen LogP contribution in [0.3, 0.4) is 0 Å². The summed E-state index contributed by atoms with van der Waals surface area (Å²) in [7, 11) is 0. The third-order valence-electron chi connectivity index (χ3n) is 5.01. The molecule has 2 aliphatic heterocycles. The number of hydrogen-bond donors (Lipinski definition) is 1. The zero-order valence-electron chi connectivity index (χ0n) is 11.9. The van der Waals surface area contributed by atoms with Gasteiger partial charge in [0.2, 0.25) is 11.4 Å². The number of rotatable bonds is 4. The van der Waals surface area contributed by atoms with E-state index < -0.39 is 23.0 Å². The molecule has 2 saturated heterocycles. The van der Waals surface area contributed by atoms with Crippen molar-refractivity contribution in [2.45, 2.75) is 43.7 Å². The first-order valence-corrected chi connectivity index (χ1v) is 7.83. The molecule has 2 unspecified atom stereocenters. The maximum absolute atomic E-state index is 12.9. The number of ketones is 1. The van der Waals surface area contributed by atoms with Crippen molar-refractivity contribution in [1.29, 1.82) is 0 Å². The molecule has 3 aliphatic rings. The first-order chi connectivity index (χ1) is 9.97. The molecular weight excluding hydrogens is 294 g/mol. The summed E-state index contributed by atoms with van der Waals surface area (Å²) in [6.45, 7) is 1.66. The predicted octanol–water partition coefficient (Wildman–Crippen LogP) is 1.34. The van der Waals surface area contributed by atoms with E-state index in [9.17, 15) is 14.4 Å². The van der Waals surface area contributed by atoms with E-state index in [-0.39, 0.29) is 23.5 Å². The number of allylic oxidation sites excluding steroid dienone is 2. The number of amides is 1. The monoisotopic (exact) mass is 311 g/mol. The SMILES string of the molecule is C[C@@]12OC(=O)C1(C(=O)C1C=CCCC1)NC(=O)[C@@H]2CCCl. The van der Waals surface area contributed by atoms with E-state index in [2.05, 4.69) is 5.32 Å². The summed E-state index contributed by atoms with van der Waals surface area (Å²) in [5.41, 5.74) is -2.63. The van der Waals surface area contributed by atoms with Crippen LogP contribution < -0.4 is 5.32 Å². The van der Waals surface area contributed by atoms with Gasteiger partial charge in [-0.15, -0.1) is 11.6 Å². The zero-order valence-corrected chi connectivity index (χ0v) is 12.6. The Morgan fingerprint density at radius 2 is 2.29 bits per heavy atom. The summed E-state index contributed by atoms with van der Waals surface area (Å²) in [5.74, 6) is -1.83. The Kier molecular flexibility index (Phi) is 3.35. The summed E-state index contributed by atoms with van der Waals surface area (Å²) in [4.78, 5) is 37.2. The number of Topliss-reactive ketones (excluding diaryl/α,β-unsaturated/α-hetero) is 1. The van der Waals surface area contributed by atoms with Crippen molar-refractivity contribution < 1.29 is 19.1 Å². The van der Waals surface area contributed by atoms with Gasteiger partial charge in [0.05, 0.1) is 5.92 Å². The molecule has 1 amide bonds. The molecule has 6 heteroatoms. The van der Waals surface area contributed by atoms with Crippen molar-refractivity contribution in [3.05, 3.63) is 12.2 Å². The molecule has 3 rings (SSSR count). The Hall–Kier alpha value is -1.36. The number of esters is 1. The van der Waals surface area contributed by atoms with Crippen LogP contribution in [0.2, 0.25) is 0 Å². The first kappa shape index (κ1) is 14.6. The highest BCUT2D eigenvalue weighted by Crippen LogP contribution is 2.51. The van der Waals surface area contributed by atoms with E-state index in [1.54, 1.807) is 6.92 Å². The van der Waals surface area contributed by atoms with Gasteiger partial charge in [0, 0.05) is 11.8 Å². The average molecular weight is 312 g/mol. The molecule has 21 heavy (non-hydrogen) atoms. The molecular formula is C15H18ClNO4. The van der Waals surface area contributed by atoms with Crippen LogP contribution in [-0.2, 0) is 19.1 Å². The van der Waals surface area contributed by atoms with Gasteiger partial charge in [-0.25, -0.2) is 4.79 Å². The number of hydrogen-bond acceptors (Lipinski definition) is 4. The minimum atomic E-state index is -1.52. The van der Waals surface area contributed by atoms with E-state index in [0.717, 1.165) is 12.8 Å². The van der Waals surface area contributed by atoms with E-state index in [1.807, 2.05) is 12.2 Å². The van der Waals surface area contributed by atoms with Crippen molar-refractivity contribution in [1.82, 2.24) is 5.32 Å². The molecule has 0 aromatic carbocycles. The first-order valence-electron chi connectivity index (χ1n) is 7.30. The van der Waals surface area contributed by atoms with Gasteiger partial charge in [-0.1, -0.05) is 12.2 Å². The van der Waals surface area contributed by atoms with Crippen LogP contribution in [0.15, 0.2) is 12.2 Å². The molecule has 114 valence electrons. The van der Waals surface area contributed by atoms with Gasteiger partial charge >= 0.3 is 5.97 Å². The van der Waals surface area contributed by atoms with Gasteiger partial charge in [0.1, 0.15) is 0 Å². The van der Waals surface area contributed by atoms with E-state index in [4.69, 9.17) is 16.3 Å². The molecule has 4 atom stereocenters. The lowest BCUT2D eigenvalue weighted by atomic mass is 9.65. The minimum absolute atomic E-state index is 0.248. The standard InChI is InChI=1S/C15H18ClNO4/c1-14-10(7-8-16)12(19)17-15(14,13(20)21-14)11(18)9-5-3-2-4-6-9/h3,5,9-10H,2,4,6-8H2,1H3,(H,17,19)/t9?,10-,14-,15?/m0/s1. The second kappa shape index (κ2) is 4.83. The van der Waals surface area contributed by atoms with Crippen LogP contribution in [0.1, 0.15) is 32.6 Å². The summed E-state index contributed by atoms with van der Waals surface area (Å²) in [5, 5.41) is 2.63. The van der Waals surface area contributed by atoms with Crippen molar-refractivity contribution in [3.8, 4) is 0 Å². The highest BCUT2D eigenvalue weighted by molar-refractivity contribution is 6.21. The number of alkyl halides is 1. The minimum Gasteiger partial charge on any atom is -0.453 e. The van der Waals surface area contributed by atoms with Gasteiger partial charge in [0.25, 0.3) is 0 Å². The lowest BCUT2D eigenvalue weighted by Crippen LogP contribution is -2.78. The topological polar surface area (TPSA) is 72.5 Å². The van der Waals surface area contributed by atoms with Crippen molar-refractivity contribution in [2.75, 3.05) is 5.88 Å². The van der Waals surface area contributed by atoms with Crippen LogP contribution >= 0.6 is 11.6 Å². The van der Waals surface area contributed by atoms with Crippen LogP contribution in [0, 0.1) is 11.8 Å². The van der Waals surface area contributed by atoms with Crippen molar-refractivity contribution in [2.24, 2.45) is 11.8 Å². The molecule has 1 aliphatic carbocycles. The fourth-order valence-electron chi connectivity index (χ4n) is 3.76. The van der Waals surface area contributed by atoms with Crippen LogP contribution in [0.5, 0.6) is 0 Å². The Labute approximate surface area is 128 Å². The lowest BCUT2D eigenvalue weighted by molar-refractivity contribution is -0.218. The van der Waals surface area contributed by atoms with Crippen LogP contribution in [0.25, 0.3) is 0 Å². The number of ether oxygens (including phenoxy) is 1. The van der Waals surface area contributed by atoms with Crippen LogP contribution in [0.4, 0.5) is 0 Å². The molecule has 5 nitrogen and oxygen atoms in total. The summed E-state index contributed by atoms with van der Waals surface area (Å²) < 4.78 is 5.28. The normalized spacial score (nSPS) is 41.0. The molecule has 0 spiro atoms. The Morgan fingerprint density at radius 3 is 2.86 bits per heavy atom. The molecule has 0 saturated carbocycles. The number of carbonyl (C=O) groups excluding carboxylic acids is 3. The largest absolute Gasteiger partial charge is 0.453 e. The molecule has 1 N–H and O–H groups in total. The Balaban J connectivity index is 1.96. The third-order valence-corrected chi connectivity index (χ3v) is 5.22. The third kappa shape index (κ3) is 1.73. The second-order valence-corrected chi connectivity index (χ2v) is 6.47. The summed E-state index contributed by atoms with van der Waals surface area (Å²) in [6.07, 6.45) is 6.74. The number of carbonyl (C=O) groups is 3. The van der Waals surface area contributed by atoms with Gasteiger partial charge < -0.3 is 10.1 Å². The van der Waals surface area contributed by atoms with Gasteiger partial charge in [0.15, 0.2) is 11.4 Å². The molecule has 0 aromatic heterocycles. The van der Waals surface area contributed by atoms with E-state index >= 15 is 0 Å². The van der Waals surface area contributed by atoms with Gasteiger partial charge in [-0.05, 0) is 32.6 Å². The summed E-state index contributed by atoms with van der Waals surface area (Å²) >= 11 is 5.74. The fourth-order valence-corrected chi connectivity index (χ4v) is 3.98. The fraction of sp³-hybridized carbons (Fsp3) is 0.667. The number of nitrogens with one attached hydrogen (secondary N) is 1. The molecule has 2 fully saturated rings. The van der Waals surface area contributed by atoms with E-state index in [0.29, 0.717) is 12.8 Å². The second-order valence-electron chi connectivity index (χ2n) is 6.10. The maximum atomic E-state index is 12.9. The lowest BCUT2D eigenvalue weighted by Gasteiger charge is -2.50. The Bertz CT molecular complexity index is 546. The smallest absolute Gasteiger partial charge is 0.344 e. The number of halogens is 1. The molecule has 0 aromatic rings. The molecule has 0 radical (unpaired) electrons. The summed E-state index contributed by atoms with van der Waals surface area (Å²) in [6, 6.07) is 0. The van der Waals surface area contributed by atoms with Gasteiger partial charge in [-0.3, -0.25) is 9.59 Å². The zero-order chi connectivity index (χ0) is 15.3. The van der Waals surface area contributed by atoms with Crippen molar-refractivity contribution >= 4 is 29.3 Å². The number of fused-ring (bicyclic) bond motifs is 1. The molecule has 0 bridgehead atoms. The highest BCUT2D eigenvalue weighted by Gasteiger charge is 2.79. The van der Waals surface area contributed by atoms with Crippen LogP contribution in [-0.4, -0.2) is 34.7 Å². The van der Waals surface area contributed by atoms with Crippen molar-refractivity contribution in [3.63, 3.8) is 0 Å². The predicted molar refractivity (Wildman–Crippen MR) is 75.7 cm³/mol. The van der Waals surface area contributed by atoms with E-state index in [1.165, 1.54) is 0 Å². The molecule has 2 heterocycles. The maximum Gasteiger partial charge on any atom is 0.344 e. The highest BCUT2D eigenvalue weighted by atomic mass is 35.5. The quantitative estimate of drug-likeness (QED) is 0.368. The average Bonchev–Trinajstić information content (AvgIpc) is 2.65. The van der Waals surface area contributed by atoms with Gasteiger partial charge in [-0.2, -0.15) is 0 Å².